The molecule has 0 amide bonds. The Kier molecular flexibility index (Phi) is 6.12. The van der Waals surface area contributed by atoms with E-state index in [0.29, 0.717) is 19.7 Å². The molecule has 4 nitrogen and oxygen atoms in total. The molecule has 106 valence electrons. The van der Waals surface area contributed by atoms with Crippen molar-refractivity contribution >= 4 is 17.6 Å². The quantitative estimate of drug-likeness (QED) is 0.837. The molecule has 1 rings (SSSR count). The van der Waals surface area contributed by atoms with E-state index in [-0.39, 0.29) is 6.42 Å². The summed E-state index contributed by atoms with van der Waals surface area (Å²) in [6.45, 7) is 5.63. The summed E-state index contributed by atoms with van der Waals surface area (Å²) in [6, 6.07) is 3.82. The van der Waals surface area contributed by atoms with Crippen LogP contribution in [0.3, 0.4) is 0 Å². The fourth-order valence-electron chi connectivity index (χ4n) is 1.71. The third-order valence-corrected chi connectivity index (χ3v) is 3.46. The number of hydrogen-bond acceptors (Lipinski definition) is 3. The Hall–Kier alpha value is -1.26. The van der Waals surface area contributed by atoms with Crippen LogP contribution < -0.4 is 4.74 Å². The monoisotopic (exact) mass is 285 g/mol. The Morgan fingerprint density at radius 1 is 1.32 bits per heavy atom. The molecule has 1 aromatic rings. The van der Waals surface area contributed by atoms with Crippen LogP contribution in [-0.4, -0.2) is 42.7 Å². The summed E-state index contributed by atoms with van der Waals surface area (Å²) in [5, 5.41) is 9.35. The van der Waals surface area contributed by atoms with Gasteiger partial charge in [0.2, 0.25) is 0 Å². The number of benzene rings is 1. The summed E-state index contributed by atoms with van der Waals surface area (Å²) in [5.41, 5.74) is 1.99. The smallest absolute Gasteiger partial charge is 0.304 e. The largest absolute Gasteiger partial charge is 0.492 e. The summed E-state index contributed by atoms with van der Waals surface area (Å²) < 4.78 is 5.65. The maximum Gasteiger partial charge on any atom is 0.304 e. The van der Waals surface area contributed by atoms with Gasteiger partial charge in [0.15, 0.2) is 0 Å². The summed E-state index contributed by atoms with van der Waals surface area (Å²) in [5.74, 6) is 0.0164. The molecule has 0 unspecified atom stereocenters. The van der Waals surface area contributed by atoms with Crippen molar-refractivity contribution in [2.24, 2.45) is 0 Å². The molecule has 5 heteroatoms. The van der Waals surface area contributed by atoms with Crippen molar-refractivity contribution in [2.45, 2.75) is 20.3 Å². The van der Waals surface area contributed by atoms with Gasteiger partial charge in [-0.05, 0) is 44.2 Å². The van der Waals surface area contributed by atoms with Gasteiger partial charge in [-0.15, -0.1) is 0 Å². The van der Waals surface area contributed by atoms with Crippen molar-refractivity contribution < 1.29 is 14.6 Å². The van der Waals surface area contributed by atoms with Gasteiger partial charge >= 0.3 is 5.97 Å². The van der Waals surface area contributed by atoms with Gasteiger partial charge in [0.05, 0.1) is 6.42 Å². The fraction of sp³-hybridized carbons (Fsp3) is 0.500. The van der Waals surface area contributed by atoms with E-state index in [1.807, 2.05) is 37.9 Å². The molecule has 0 aliphatic heterocycles. The zero-order valence-corrected chi connectivity index (χ0v) is 12.3. The second-order valence-corrected chi connectivity index (χ2v) is 5.04. The molecule has 0 aromatic heterocycles. The van der Waals surface area contributed by atoms with E-state index in [2.05, 4.69) is 0 Å². The van der Waals surface area contributed by atoms with Crippen molar-refractivity contribution in [1.29, 1.82) is 0 Å². The summed E-state index contributed by atoms with van der Waals surface area (Å²) in [7, 11) is 1.88. The minimum absolute atomic E-state index is 0.148. The van der Waals surface area contributed by atoms with Gasteiger partial charge in [-0.25, -0.2) is 0 Å². The first-order chi connectivity index (χ1) is 8.90. The number of aliphatic carboxylic acids is 1. The zero-order chi connectivity index (χ0) is 14.4. The summed E-state index contributed by atoms with van der Waals surface area (Å²) in [4.78, 5) is 12.4. The molecule has 0 heterocycles. The van der Waals surface area contributed by atoms with E-state index in [0.717, 1.165) is 21.9 Å². The second kappa shape index (κ2) is 7.36. The normalized spacial score (nSPS) is 10.8. The van der Waals surface area contributed by atoms with Crippen LogP contribution in [0.4, 0.5) is 0 Å². The molecule has 1 aromatic carbocycles. The van der Waals surface area contributed by atoms with Gasteiger partial charge in [-0.3, -0.25) is 4.79 Å². The lowest BCUT2D eigenvalue weighted by atomic mass is 10.1. The second-order valence-electron chi connectivity index (χ2n) is 4.67. The van der Waals surface area contributed by atoms with Gasteiger partial charge < -0.3 is 14.7 Å². The van der Waals surface area contributed by atoms with Crippen molar-refractivity contribution in [3.05, 3.63) is 28.3 Å². The molecule has 0 aliphatic rings. The Morgan fingerprint density at radius 2 is 1.89 bits per heavy atom. The third kappa shape index (κ3) is 5.49. The van der Waals surface area contributed by atoms with Crippen LogP contribution >= 0.6 is 11.6 Å². The molecule has 0 radical (unpaired) electrons. The lowest BCUT2D eigenvalue weighted by Crippen LogP contribution is -2.26. The molecular formula is C14H20ClNO3. The molecular weight excluding hydrogens is 266 g/mol. The minimum atomic E-state index is -0.781. The van der Waals surface area contributed by atoms with Crippen LogP contribution in [-0.2, 0) is 4.79 Å². The highest BCUT2D eigenvalue weighted by molar-refractivity contribution is 6.32. The number of carbonyl (C=O) groups is 1. The Bertz CT molecular complexity index is 425. The van der Waals surface area contributed by atoms with Crippen LogP contribution in [0.5, 0.6) is 5.75 Å². The average Bonchev–Trinajstić information content (AvgIpc) is 2.33. The van der Waals surface area contributed by atoms with Crippen LogP contribution in [0, 0.1) is 13.8 Å². The first-order valence-corrected chi connectivity index (χ1v) is 6.58. The van der Waals surface area contributed by atoms with E-state index in [4.69, 9.17) is 21.4 Å². The van der Waals surface area contributed by atoms with Crippen LogP contribution in [0.25, 0.3) is 0 Å². The highest BCUT2D eigenvalue weighted by Gasteiger charge is 2.05. The van der Waals surface area contributed by atoms with Crippen molar-refractivity contribution in [2.75, 3.05) is 26.7 Å². The number of carboxylic acids is 1. The topological polar surface area (TPSA) is 49.8 Å². The van der Waals surface area contributed by atoms with E-state index in [1.165, 1.54) is 0 Å². The summed E-state index contributed by atoms with van der Waals surface area (Å²) in [6.07, 6.45) is 0.148. The lowest BCUT2D eigenvalue weighted by Gasteiger charge is -2.16. The Balaban J connectivity index is 2.39. The molecule has 19 heavy (non-hydrogen) atoms. The van der Waals surface area contributed by atoms with E-state index < -0.39 is 5.97 Å². The van der Waals surface area contributed by atoms with Gasteiger partial charge in [0.25, 0.3) is 0 Å². The number of ether oxygens (including phenoxy) is 1. The zero-order valence-electron chi connectivity index (χ0n) is 11.6. The van der Waals surface area contributed by atoms with E-state index >= 15 is 0 Å². The first-order valence-electron chi connectivity index (χ1n) is 6.20. The molecule has 1 N–H and O–H groups in total. The standard InChI is InChI=1S/C14H20ClNO3/c1-10-8-12(9-11(2)14(10)15)19-7-6-16(3)5-4-13(17)18/h8-9H,4-7H2,1-3H3,(H,17,18). The maximum atomic E-state index is 10.4. The Morgan fingerprint density at radius 3 is 2.42 bits per heavy atom. The number of likely N-dealkylation sites (N-methyl/N-ethyl adjacent to an activating group) is 1. The molecule has 0 fully saturated rings. The van der Waals surface area contributed by atoms with Crippen LogP contribution in [0.2, 0.25) is 5.02 Å². The van der Waals surface area contributed by atoms with Crippen molar-refractivity contribution in [3.63, 3.8) is 0 Å². The van der Waals surface area contributed by atoms with Gasteiger partial charge in [-0.2, -0.15) is 0 Å². The number of aryl methyl sites for hydroxylation is 2. The number of hydrogen-bond donors (Lipinski definition) is 1. The Labute approximate surface area is 118 Å². The minimum Gasteiger partial charge on any atom is -0.492 e. The molecule has 0 aliphatic carbocycles. The van der Waals surface area contributed by atoms with Crippen LogP contribution in [0.1, 0.15) is 17.5 Å². The predicted octanol–water partition coefficient (Wildman–Crippen LogP) is 2.74. The maximum absolute atomic E-state index is 10.4. The lowest BCUT2D eigenvalue weighted by molar-refractivity contribution is -0.137. The molecule has 0 saturated heterocycles. The highest BCUT2D eigenvalue weighted by atomic mass is 35.5. The van der Waals surface area contributed by atoms with E-state index in [1.54, 1.807) is 0 Å². The SMILES string of the molecule is Cc1cc(OCCN(C)CCC(=O)O)cc(C)c1Cl. The third-order valence-electron chi connectivity index (χ3n) is 2.86. The highest BCUT2D eigenvalue weighted by Crippen LogP contribution is 2.25. The fourth-order valence-corrected chi connectivity index (χ4v) is 1.82. The van der Waals surface area contributed by atoms with Crippen LogP contribution in [0.15, 0.2) is 12.1 Å². The molecule has 0 spiro atoms. The van der Waals surface area contributed by atoms with Gasteiger partial charge in [-0.1, -0.05) is 11.6 Å². The van der Waals surface area contributed by atoms with Crippen molar-refractivity contribution in [3.8, 4) is 5.75 Å². The molecule has 0 bridgehead atoms. The van der Waals surface area contributed by atoms with Crippen molar-refractivity contribution in [1.82, 2.24) is 4.90 Å². The molecule has 0 saturated carbocycles. The van der Waals surface area contributed by atoms with Gasteiger partial charge in [0.1, 0.15) is 12.4 Å². The average molecular weight is 286 g/mol. The number of rotatable bonds is 7. The number of carboxylic acid groups (broad SMARTS) is 1. The molecule has 0 atom stereocenters. The predicted molar refractivity (Wildman–Crippen MR) is 76.2 cm³/mol. The first kappa shape index (κ1) is 15.8. The van der Waals surface area contributed by atoms with E-state index in [9.17, 15) is 4.79 Å². The van der Waals surface area contributed by atoms with Gasteiger partial charge in [0, 0.05) is 18.1 Å². The number of nitrogens with zero attached hydrogens (tertiary/aromatic N) is 1. The summed E-state index contributed by atoms with van der Waals surface area (Å²) >= 11 is 6.09. The number of halogens is 1.